The summed E-state index contributed by atoms with van der Waals surface area (Å²) >= 11 is 0. The fourth-order valence-corrected chi connectivity index (χ4v) is 1.93. The summed E-state index contributed by atoms with van der Waals surface area (Å²) in [6.45, 7) is 2.30. The molecule has 4 heteroatoms. The lowest BCUT2D eigenvalue weighted by molar-refractivity contribution is 0.0471. The Balaban J connectivity index is 2.02. The van der Waals surface area contributed by atoms with Crippen molar-refractivity contribution in [3.8, 4) is 6.07 Å². The van der Waals surface area contributed by atoms with Crippen LogP contribution in [0.5, 0.6) is 0 Å². The third kappa shape index (κ3) is 2.21. The molecule has 0 saturated carbocycles. The smallest absolute Gasteiger partial charge is 0.127 e. The van der Waals surface area contributed by atoms with Crippen molar-refractivity contribution in [2.45, 2.75) is 6.54 Å². The molecule has 3 nitrogen and oxygen atoms in total. The van der Waals surface area contributed by atoms with Crippen LogP contribution in [0.2, 0.25) is 0 Å². The molecule has 0 amide bonds. The average molecular weight is 220 g/mol. The monoisotopic (exact) mass is 220 g/mol. The molecule has 1 aliphatic heterocycles. The Morgan fingerprint density at radius 1 is 1.50 bits per heavy atom. The highest BCUT2D eigenvalue weighted by Gasteiger charge is 2.26. The van der Waals surface area contributed by atoms with Gasteiger partial charge in [0.25, 0.3) is 0 Å². The first-order valence-electron chi connectivity index (χ1n) is 5.24. The van der Waals surface area contributed by atoms with Gasteiger partial charge >= 0.3 is 0 Å². The topological polar surface area (TPSA) is 47.3 Å². The van der Waals surface area contributed by atoms with Gasteiger partial charge in [-0.05, 0) is 18.2 Å². The standard InChI is InChI=1S/C12H13FN2O/c13-12-2-1-9(4-14)3-11(12)7-15-5-10(6-15)8-16/h1-3,10,16H,5-8H2. The molecule has 0 aliphatic carbocycles. The van der Waals surface area contributed by atoms with E-state index < -0.39 is 0 Å². The van der Waals surface area contributed by atoms with Gasteiger partial charge in [0.05, 0.1) is 11.6 Å². The van der Waals surface area contributed by atoms with E-state index in [4.69, 9.17) is 10.4 Å². The molecular formula is C12H13FN2O. The summed E-state index contributed by atoms with van der Waals surface area (Å²) in [7, 11) is 0. The van der Waals surface area contributed by atoms with Gasteiger partial charge in [-0.25, -0.2) is 4.39 Å². The van der Waals surface area contributed by atoms with E-state index in [2.05, 4.69) is 4.90 Å². The molecule has 1 aliphatic rings. The summed E-state index contributed by atoms with van der Waals surface area (Å²) in [5.74, 6) is 0.0497. The summed E-state index contributed by atoms with van der Waals surface area (Å²) in [4.78, 5) is 2.06. The molecule has 1 heterocycles. The molecule has 1 N–H and O–H groups in total. The van der Waals surface area contributed by atoms with Gasteiger partial charge in [-0.1, -0.05) is 0 Å². The minimum absolute atomic E-state index is 0.192. The lowest BCUT2D eigenvalue weighted by Gasteiger charge is -2.38. The van der Waals surface area contributed by atoms with E-state index >= 15 is 0 Å². The fourth-order valence-electron chi connectivity index (χ4n) is 1.93. The maximum atomic E-state index is 13.4. The molecule has 0 atom stereocenters. The number of nitriles is 1. The van der Waals surface area contributed by atoms with Gasteiger partial charge < -0.3 is 5.11 Å². The molecule has 2 rings (SSSR count). The fraction of sp³-hybridized carbons (Fsp3) is 0.417. The van der Waals surface area contributed by atoms with E-state index in [1.807, 2.05) is 6.07 Å². The first-order valence-corrected chi connectivity index (χ1v) is 5.24. The number of likely N-dealkylation sites (tertiary alicyclic amines) is 1. The van der Waals surface area contributed by atoms with Crippen LogP contribution in [0.1, 0.15) is 11.1 Å². The molecule has 0 aromatic heterocycles. The Hall–Kier alpha value is -1.44. The first-order chi connectivity index (χ1) is 7.72. The highest BCUT2D eigenvalue weighted by atomic mass is 19.1. The molecule has 1 saturated heterocycles. The molecule has 1 aromatic rings. The van der Waals surface area contributed by atoms with Crippen molar-refractivity contribution in [1.82, 2.24) is 4.90 Å². The third-order valence-corrected chi connectivity index (χ3v) is 2.86. The van der Waals surface area contributed by atoms with Crippen LogP contribution in [0.15, 0.2) is 18.2 Å². The predicted octanol–water partition coefficient (Wildman–Crippen LogP) is 1.12. The van der Waals surface area contributed by atoms with Crippen molar-refractivity contribution in [3.63, 3.8) is 0 Å². The van der Waals surface area contributed by atoms with Crippen molar-refractivity contribution in [1.29, 1.82) is 5.26 Å². The van der Waals surface area contributed by atoms with Crippen molar-refractivity contribution in [2.24, 2.45) is 5.92 Å². The van der Waals surface area contributed by atoms with Crippen LogP contribution < -0.4 is 0 Å². The number of rotatable bonds is 3. The van der Waals surface area contributed by atoms with Gasteiger partial charge in [-0.2, -0.15) is 5.26 Å². The van der Waals surface area contributed by atoms with Gasteiger partial charge in [0.2, 0.25) is 0 Å². The Bertz CT molecular complexity index is 422. The number of aliphatic hydroxyl groups is 1. The zero-order chi connectivity index (χ0) is 11.5. The summed E-state index contributed by atoms with van der Waals surface area (Å²) < 4.78 is 13.4. The Morgan fingerprint density at radius 2 is 2.25 bits per heavy atom. The van der Waals surface area contributed by atoms with Gasteiger partial charge in [0, 0.05) is 37.7 Å². The predicted molar refractivity (Wildman–Crippen MR) is 57.0 cm³/mol. The molecular weight excluding hydrogens is 207 g/mol. The largest absolute Gasteiger partial charge is 0.396 e. The molecule has 0 unspecified atom stereocenters. The van der Waals surface area contributed by atoms with Crippen molar-refractivity contribution in [3.05, 3.63) is 35.1 Å². The first kappa shape index (κ1) is 11.1. The maximum Gasteiger partial charge on any atom is 0.127 e. The van der Waals surface area contributed by atoms with Crippen LogP contribution in [-0.4, -0.2) is 29.7 Å². The minimum atomic E-state index is -0.272. The highest BCUT2D eigenvalue weighted by molar-refractivity contribution is 5.33. The second-order valence-corrected chi connectivity index (χ2v) is 4.16. The number of benzene rings is 1. The molecule has 0 bridgehead atoms. The van der Waals surface area contributed by atoms with Crippen LogP contribution in [-0.2, 0) is 6.54 Å². The van der Waals surface area contributed by atoms with E-state index in [9.17, 15) is 4.39 Å². The summed E-state index contributed by atoms with van der Waals surface area (Å²) in [6.07, 6.45) is 0. The molecule has 84 valence electrons. The second-order valence-electron chi connectivity index (χ2n) is 4.16. The van der Waals surface area contributed by atoms with Crippen LogP contribution in [0.4, 0.5) is 4.39 Å². The van der Waals surface area contributed by atoms with Crippen LogP contribution in [0.3, 0.4) is 0 Å². The normalized spacial score (nSPS) is 16.8. The number of hydrogen-bond donors (Lipinski definition) is 1. The Kier molecular flexibility index (Phi) is 3.18. The lowest BCUT2D eigenvalue weighted by atomic mass is 10.00. The second kappa shape index (κ2) is 4.60. The van der Waals surface area contributed by atoms with Crippen LogP contribution in [0, 0.1) is 23.1 Å². The van der Waals surface area contributed by atoms with Crippen molar-refractivity contribution >= 4 is 0 Å². The van der Waals surface area contributed by atoms with Crippen molar-refractivity contribution < 1.29 is 9.50 Å². The number of halogens is 1. The number of nitrogens with zero attached hydrogens (tertiary/aromatic N) is 2. The van der Waals surface area contributed by atoms with Crippen molar-refractivity contribution in [2.75, 3.05) is 19.7 Å². The summed E-state index contributed by atoms with van der Waals surface area (Å²) in [5.41, 5.74) is 1.03. The van der Waals surface area contributed by atoms with E-state index in [0.29, 0.717) is 23.6 Å². The minimum Gasteiger partial charge on any atom is -0.396 e. The summed E-state index contributed by atoms with van der Waals surface area (Å²) in [5, 5.41) is 17.6. The molecule has 1 aromatic carbocycles. The Labute approximate surface area is 93.7 Å². The van der Waals surface area contributed by atoms with Gasteiger partial charge in [-0.15, -0.1) is 0 Å². The molecule has 0 spiro atoms. The molecule has 1 fully saturated rings. The number of hydrogen-bond acceptors (Lipinski definition) is 3. The van der Waals surface area contributed by atoms with Crippen LogP contribution in [0.25, 0.3) is 0 Å². The van der Waals surface area contributed by atoms with Crippen LogP contribution >= 0.6 is 0 Å². The lowest BCUT2D eigenvalue weighted by Crippen LogP contribution is -2.47. The van der Waals surface area contributed by atoms with E-state index in [1.165, 1.54) is 12.1 Å². The van der Waals surface area contributed by atoms with Gasteiger partial charge in [0.1, 0.15) is 5.82 Å². The van der Waals surface area contributed by atoms with E-state index in [0.717, 1.165) is 13.1 Å². The number of aliphatic hydroxyl groups excluding tert-OH is 1. The maximum absolute atomic E-state index is 13.4. The zero-order valence-electron chi connectivity index (χ0n) is 8.86. The van der Waals surface area contributed by atoms with E-state index in [1.54, 1.807) is 6.07 Å². The van der Waals surface area contributed by atoms with Gasteiger partial charge in [0.15, 0.2) is 0 Å². The van der Waals surface area contributed by atoms with Gasteiger partial charge in [-0.3, -0.25) is 4.90 Å². The summed E-state index contributed by atoms with van der Waals surface area (Å²) in [6, 6.07) is 6.39. The molecule has 0 radical (unpaired) electrons. The third-order valence-electron chi connectivity index (χ3n) is 2.86. The SMILES string of the molecule is N#Cc1ccc(F)c(CN2CC(CO)C2)c1. The van der Waals surface area contributed by atoms with E-state index in [-0.39, 0.29) is 12.4 Å². The zero-order valence-corrected chi connectivity index (χ0v) is 8.86. The quantitative estimate of drug-likeness (QED) is 0.830. The molecule has 16 heavy (non-hydrogen) atoms. The Morgan fingerprint density at radius 3 is 2.88 bits per heavy atom. The average Bonchev–Trinajstić information content (AvgIpc) is 2.25. The highest BCUT2D eigenvalue weighted by Crippen LogP contribution is 2.20.